The Morgan fingerprint density at radius 2 is 1.82 bits per heavy atom. The molecule has 5 N–H and O–H groups in total. The number of anilines is 2. The van der Waals surface area contributed by atoms with Gasteiger partial charge in [0.2, 0.25) is 0 Å². The first kappa shape index (κ1) is 30.1. The number of carbonyl (C=O) groups excluding carboxylic acids is 2. The number of halogens is 2. The van der Waals surface area contributed by atoms with Crippen molar-refractivity contribution in [2.24, 2.45) is 0 Å². The van der Waals surface area contributed by atoms with Crippen LogP contribution in [-0.4, -0.2) is 29.6 Å². The molecule has 3 aromatic rings. The van der Waals surface area contributed by atoms with Gasteiger partial charge in [0.1, 0.15) is 11.4 Å². The van der Waals surface area contributed by atoms with E-state index in [4.69, 9.17) is 22.1 Å². The van der Waals surface area contributed by atoms with Crippen molar-refractivity contribution in [3.05, 3.63) is 76.6 Å². The molecule has 208 valence electrons. The number of rotatable bonds is 8. The fourth-order valence-corrected chi connectivity index (χ4v) is 4.97. The summed E-state index contributed by atoms with van der Waals surface area (Å²) in [6.07, 6.45) is -0.275. The van der Waals surface area contributed by atoms with Crippen molar-refractivity contribution >= 4 is 46.9 Å². The van der Waals surface area contributed by atoms with Crippen LogP contribution in [-0.2, 0) is 11.2 Å². The van der Waals surface area contributed by atoms with Gasteiger partial charge in [0.05, 0.1) is 11.1 Å². The third-order valence-corrected chi connectivity index (χ3v) is 6.72. The molecule has 10 heteroatoms. The number of nitrogens with one attached hydrogen (secondary N) is 3. The SMILES string of the molecule is CCNC(=O)Nc1ccc(Cc2cc(SC(C)NC(=O)OC(C)(C)C)c(N)c(-c3cccc(Cl)c3)c2F)cc1. The van der Waals surface area contributed by atoms with E-state index < -0.39 is 22.9 Å². The summed E-state index contributed by atoms with van der Waals surface area (Å²) in [6.45, 7) is 9.51. The van der Waals surface area contributed by atoms with Gasteiger partial charge in [-0.2, -0.15) is 0 Å². The molecule has 0 heterocycles. The number of thioether (sulfide) groups is 1. The number of nitrogens with two attached hydrogens (primary N) is 1. The molecular formula is C29H34ClFN4O3S. The van der Waals surface area contributed by atoms with Crippen molar-refractivity contribution in [3.63, 3.8) is 0 Å². The van der Waals surface area contributed by atoms with Crippen LogP contribution in [0.5, 0.6) is 0 Å². The van der Waals surface area contributed by atoms with Crippen molar-refractivity contribution in [2.45, 2.75) is 56.9 Å². The highest BCUT2D eigenvalue weighted by molar-refractivity contribution is 8.00. The molecule has 0 aliphatic heterocycles. The lowest BCUT2D eigenvalue weighted by atomic mass is 9.96. The smallest absolute Gasteiger partial charge is 0.408 e. The van der Waals surface area contributed by atoms with E-state index in [1.54, 1.807) is 70.2 Å². The number of nitrogen functional groups attached to an aromatic ring is 1. The van der Waals surface area contributed by atoms with Crippen LogP contribution in [0.4, 0.5) is 25.4 Å². The molecule has 0 bridgehead atoms. The molecule has 0 radical (unpaired) electrons. The molecule has 0 spiro atoms. The Labute approximate surface area is 238 Å². The maximum absolute atomic E-state index is 16.0. The molecule has 0 aromatic heterocycles. The van der Waals surface area contributed by atoms with E-state index in [0.717, 1.165) is 5.56 Å². The van der Waals surface area contributed by atoms with E-state index in [2.05, 4.69) is 16.0 Å². The van der Waals surface area contributed by atoms with E-state index in [0.29, 0.717) is 33.3 Å². The lowest BCUT2D eigenvalue weighted by molar-refractivity contribution is 0.0525. The first-order chi connectivity index (χ1) is 18.4. The summed E-state index contributed by atoms with van der Waals surface area (Å²) in [4.78, 5) is 24.7. The minimum atomic E-state index is -0.638. The first-order valence-corrected chi connectivity index (χ1v) is 13.8. The Morgan fingerprint density at radius 3 is 2.44 bits per heavy atom. The van der Waals surface area contributed by atoms with E-state index in [9.17, 15) is 9.59 Å². The van der Waals surface area contributed by atoms with Crippen molar-refractivity contribution in [1.29, 1.82) is 0 Å². The zero-order valence-electron chi connectivity index (χ0n) is 22.7. The lowest BCUT2D eigenvalue weighted by Gasteiger charge is -2.23. The maximum Gasteiger partial charge on any atom is 0.408 e. The maximum atomic E-state index is 16.0. The molecule has 1 unspecified atom stereocenters. The van der Waals surface area contributed by atoms with Gasteiger partial charge in [-0.1, -0.05) is 47.6 Å². The summed E-state index contributed by atoms with van der Waals surface area (Å²) in [5, 5.41) is 8.26. The standard InChI is InChI=1S/C29H34ClFN4O3S/c1-6-33-27(36)35-22-12-10-18(11-13-22)14-20-16-23(39-17(2)34-28(37)38-29(3,4)5)26(32)24(25(20)31)19-8-7-9-21(30)15-19/h7-13,15-17H,6,14,32H2,1-5H3,(H,34,37)(H2,33,35,36). The van der Waals surface area contributed by atoms with Crippen molar-refractivity contribution in [2.75, 3.05) is 17.6 Å². The summed E-state index contributed by atoms with van der Waals surface area (Å²) in [5.74, 6) is -0.448. The fraction of sp³-hybridized carbons (Fsp3) is 0.310. The number of urea groups is 1. The highest BCUT2D eigenvalue weighted by atomic mass is 35.5. The van der Waals surface area contributed by atoms with Gasteiger partial charge in [-0.15, -0.1) is 0 Å². The zero-order chi connectivity index (χ0) is 28.7. The van der Waals surface area contributed by atoms with Gasteiger partial charge in [0.25, 0.3) is 0 Å². The van der Waals surface area contributed by atoms with Crippen LogP contribution in [0.2, 0.25) is 5.02 Å². The number of amides is 3. The largest absolute Gasteiger partial charge is 0.444 e. The minimum Gasteiger partial charge on any atom is -0.444 e. The second kappa shape index (κ2) is 13.1. The van der Waals surface area contributed by atoms with Gasteiger partial charge in [0, 0.05) is 34.1 Å². The molecule has 0 aliphatic carbocycles. The summed E-state index contributed by atoms with van der Waals surface area (Å²) in [6, 6.07) is 15.5. The lowest BCUT2D eigenvalue weighted by Crippen LogP contribution is -2.36. The Morgan fingerprint density at radius 1 is 1.13 bits per heavy atom. The number of carbonyl (C=O) groups is 2. The molecule has 1 atom stereocenters. The van der Waals surface area contributed by atoms with Gasteiger partial charge < -0.3 is 26.4 Å². The molecule has 0 fully saturated rings. The molecular weight excluding hydrogens is 539 g/mol. The van der Waals surface area contributed by atoms with Crippen molar-refractivity contribution in [3.8, 4) is 11.1 Å². The molecule has 3 rings (SSSR count). The Bertz CT molecular complexity index is 1330. The van der Waals surface area contributed by atoms with Gasteiger partial charge in [-0.25, -0.2) is 14.0 Å². The third kappa shape index (κ3) is 8.80. The molecule has 0 saturated carbocycles. The van der Waals surface area contributed by atoms with Gasteiger partial charge in [0.15, 0.2) is 0 Å². The Balaban J connectivity index is 1.94. The van der Waals surface area contributed by atoms with Crippen LogP contribution in [0.1, 0.15) is 45.7 Å². The zero-order valence-corrected chi connectivity index (χ0v) is 24.2. The number of alkyl carbamates (subject to hydrolysis) is 1. The molecule has 3 aromatic carbocycles. The van der Waals surface area contributed by atoms with Crippen molar-refractivity contribution in [1.82, 2.24) is 10.6 Å². The number of benzene rings is 3. The number of hydrogen-bond acceptors (Lipinski definition) is 5. The number of hydrogen-bond donors (Lipinski definition) is 4. The summed E-state index contributed by atoms with van der Waals surface area (Å²) in [7, 11) is 0. The summed E-state index contributed by atoms with van der Waals surface area (Å²) >= 11 is 7.50. The van der Waals surface area contributed by atoms with Crippen molar-refractivity contribution < 1.29 is 18.7 Å². The molecule has 0 saturated heterocycles. The average molecular weight is 573 g/mol. The Kier molecular flexibility index (Phi) is 10.1. The molecule has 39 heavy (non-hydrogen) atoms. The minimum absolute atomic E-state index is 0.247. The topological polar surface area (TPSA) is 105 Å². The highest BCUT2D eigenvalue weighted by Crippen LogP contribution is 2.40. The van der Waals surface area contributed by atoms with Crippen LogP contribution in [0.25, 0.3) is 11.1 Å². The fourth-order valence-electron chi connectivity index (χ4n) is 3.81. The molecule has 7 nitrogen and oxygen atoms in total. The second-order valence-corrected chi connectivity index (χ2v) is 11.7. The quantitative estimate of drug-likeness (QED) is 0.128. The van der Waals surface area contributed by atoms with Gasteiger partial charge in [-0.3, -0.25) is 0 Å². The molecule has 0 aliphatic rings. The average Bonchev–Trinajstić information content (AvgIpc) is 2.82. The Hall–Kier alpha value is -3.43. The van der Waals surface area contributed by atoms with Crippen LogP contribution >= 0.6 is 23.4 Å². The van der Waals surface area contributed by atoms with E-state index in [1.165, 1.54) is 11.8 Å². The predicted octanol–water partition coefficient (Wildman–Crippen LogP) is 7.42. The normalized spacial score (nSPS) is 12.0. The van der Waals surface area contributed by atoms with Gasteiger partial charge >= 0.3 is 12.1 Å². The third-order valence-electron chi connectivity index (χ3n) is 5.42. The van der Waals surface area contributed by atoms with Crippen LogP contribution in [0.15, 0.2) is 59.5 Å². The summed E-state index contributed by atoms with van der Waals surface area (Å²) in [5.41, 5.74) is 8.81. The van der Waals surface area contributed by atoms with Crippen LogP contribution in [0.3, 0.4) is 0 Å². The van der Waals surface area contributed by atoms with Crippen LogP contribution in [0, 0.1) is 5.82 Å². The first-order valence-electron chi connectivity index (χ1n) is 12.5. The molecule has 3 amide bonds. The second-order valence-electron chi connectivity index (χ2n) is 9.91. The summed E-state index contributed by atoms with van der Waals surface area (Å²) < 4.78 is 21.4. The van der Waals surface area contributed by atoms with E-state index >= 15 is 4.39 Å². The van der Waals surface area contributed by atoms with Crippen LogP contribution < -0.4 is 21.7 Å². The van der Waals surface area contributed by atoms with E-state index in [-0.39, 0.29) is 23.7 Å². The predicted molar refractivity (Wildman–Crippen MR) is 158 cm³/mol. The van der Waals surface area contributed by atoms with E-state index in [1.807, 2.05) is 19.1 Å². The monoisotopic (exact) mass is 572 g/mol. The number of ether oxygens (including phenoxy) is 1. The van der Waals surface area contributed by atoms with Gasteiger partial charge in [-0.05, 0) is 81.6 Å². The highest BCUT2D eigenvalue weighted by Gasteiger charge is 2.22.